The average molecular weight is 249 g/mol. The summed E-state index contributed by atoms with van der Waals surface area (Å²) in [4.78, 5) is 18.1. The van der Waals surface area contributed by atoms with Crippen LogP contribution in [0.1, 0.15) is 25.1 Å². The minimum atomic E-state index is -0.0520. The van der Waals surface area contributed by atoms with Gasteiger partial charge in [-0.2, -0.15) is 0 Å². The van der Waals surface area contributed by atoms with Gasteiger partial charge in [-0.25, -0.2) is 0 Å². The highest BCUT2D eigenvalue weighted by atomic mass is 16.2. The van der Waals surface area contributed by atoms with Crippen LogP contribution in [0.2, 0.25) is 0 Å². The molecule has 0 aliphatic rings. The van der Waals surface area contributed by atoms with Crippen molar-refractivity contribution < 1.29 is 4.79 Å². The zero-order chi connectivity index (χ0) is 13.8. The molecule has 0 bridgehead atoms. The second kappa shape index (κ2) is 5.96. The summed E-state index contributed by atoms with van der Waals surface area (Å²) in [5.74, 6) is 0.0818. The second-order valence-corrected chi connectivity index (χ2v) is 5.56. The molecule has 2 N–H and O–H groups in total. The van der Waals surface area contributed by atoms with Gasteiger partial charge >= 0.3 is 0 Å². The van der Waals surface area contributed by atoms with Crippen molar-refractivity contribution in [1.29, 1.82) is 0 Å². The molecule has 4 heteroatoms. The number of aromatic nitrogens is 1. The smallest absolute Gasteiger partial charge is 0.228 e. The zero-order valence-corrected chi connectivity index (χ0v) is 11.7. The van der Waals surface area contributed by atoms with Gasteiger partial charge in [0.15, 0.2) is 0 Å². The van der Waals surface area contributed by atoms with Crippen LogP contribution in [0, 0.1) is 12.3 Å². The highest BCUT2D eigenvalue weighted by Crippen LogP contribution is 2.15. The number of rotatable bonds is 5. The van der Waals surface area contributed by atoms with Crippen LogP contribution in [0.5, 0.6) is 0 Å². The van der Waals surface area contributed by atoms with E-state index in [-0.39, 0.29) is 11.3 Å². The van der Waals surface area contributed by atoms with Crippen molar-refractivity contribution in [2.45, 2.75) is 27.2 Å². The normalized spacial score (nSPS) is 11.4. The molecule has 4 nitrogen and oxygen atoms in total. The van der Waals surface area contributed by atoms with E-state index in [1.165, 1.54) is 0 Å². The van der Waals surface area contributed by atoms with E-state index in [0.29, 0.717) is 19.5 Å². The lowest BCUT2D eigenvalue weighted by molar-refractivity contribution is -0.130. The second-order valence-electron chi connectivity index (χ2n) is 5.56. The van der Waals surface area contributed by atoms with Gasteiger partial charge in [0.2, 0.25) is 5.91 Å². The molecule has 1 amide bonds. The predicted octanol–water partition coefficient (Wildman–Crippen LogP) is 1.38. The summed E-state index contributed by atoms with van der Waals surface area (Å²) in [7, 11) is 1.82. The van der Waals surface area contributed by atoms with Gasteiger partial charge in [0.25, 0.3) is 0 Å². The summed E-state index contributed by atoms with van der Waals surface area (Å²) in [5.41, 5.74) is 7.53. The van der Waals surface area contributed by atoms with Crippen molar-refractivity contribution in [2.75, 3.05) is 20.1 Å². The summed E-state index contributed by atoms with van der Waals surface area (Å²) in [6, 6.07) is 3.85. The molecule has 1 aromatic heterocycles. The standard InChI is InChI=1S/C14H23N3O/c1-11-6-5-7-16-12(11)8-13(18)17(4)10-14(2,3)9-15/h5-7H,8-10,15H2,1-4H3. The van der Waals surface area contributed by atoms with E-state index in [9.17, 15) is 4.79 Å². The fourth-order valence-electron chi connectivity index (χ4n) is 1.78. The Morgan fingerprint density at radius 3 is 2.72 bits per heavy atom. The first-order chi connectivity index (χ1) is 8.35. The van der Waals surface area contributed by atoms with Crippen LogP contribution in [-0.2, 0) is 11.2 Å². The number of hydrogen-bond acceptors (Lipinski definition) is 3. The van der Waals surface area contributed by atoms with Gasteiger partial charge < -0.3 is 10.6 Å². The molecule has 0 aliphatic carbocycles. The third kappa shape index (κ3) is 4.11. The molecule has 0 saturated carbocycles. The Kier molecular flexibility index (Phi) is 4.84. The van der Waals surface area contributed by atoms with Gasteiger partial charge in [0.1, 0.15) is 0 Å². The molecule has 1 rings (SSSR count). The fraction of sp³-hybridized carbons (Fsp3) is 0.571. The van der Waals surface area contributed by atoms with Crippen molar-refractivity contribution in [3.05, 3.63) is 29.6 Å². The molecule has 0 saturated heterocycles. The summed E-state index contributed by atoms with van der Waals surface area (Å²) >= 11 is 0. The van der Waals surface area contributed by atoms with Crippen LogP contribution in [0.3, 0.4) is 0 Å². The Balaban J connectivity index is 2.64. The number of carbonyl (C=O) groups excluding carboxylic acids is 1. The van der Waals surface area contributed by atoms with Crippen molar-refractivity contribution in [3.8, 4) is 0 Å². The lowest BCUT2D eigenvalue weighted by atomic mass is 9.93. The first-order valence-electron chi connectivity index (χ1n) is 6.20. The predicted molar refractivity (Wildman–Crippen MR) is 73.2 cm³/mol. The molecule has 100 valence electrons. The Hall–Kier alpha value is -1.42. The number of carbonyl (C=O) groups is 1. The topological polar surface area (TPSA) is 59.2 Å². The van der Waals surface area contributed by atoms with E-state index in [1.54, 1.807) is 11.1 Å². The molecule has 1 aromatic rings. The highest BCUT2D eigenvalue weighted by Gasteiger charge is 2.21. The van der Waals surface area contributed by atoms with E-state index in [4.69, 9.17) is 5.73 Å². The quantitative estimate of drug-likeness (QED) is 0.857. The minimum absolute atomic E-state index is 0.0520. The van der Waals surface area contributed by atoms with Gasteiger partial charge in [-0.15, -0.1) is 0 Å². The van der Waals surface area contributed by atoms with Gasteiger partial charge in [-0.1, -0.05) is 19.9 Å². The van der Waals surface area contributed by atoms with Crippen molar-refractivity contribution >= 4 is 5.91 Å². The number of nitrogens with two attached hydrogens (primary N) is 1. The molecule has 0 fully saturated rings. The third-order valence-corrected chi connectivity index (χ3v) is 3.08. The van der Waals surface area contributed by atoms with Crippen LogP contribution in [0.4, 0.5) is 0 Å². The summed E-state index contributed by atoms with van der Waals surface area (Å²) in [6.07, 6.45) is 2.07. The molecular weight excluding hydrogens is 226 g/mol. The minimum Gasteiger partial charge on any atom is -0.345 e. The maximum Gasteiger partial charge on any atom is 0.228 e. The largest absolute Gasteiger partial charge is 0.345 e. The zero-order valence-electron chi connectivity index (χ0n) is 11.7. The fourth-order valence-corrected chi connectivity index (χ4v) is 1.78. The third-order valence-electron chi connectivity index (χ3n) is 3.08. The lowest BCUT2D eigenvalue weighted by Crippen LogP contribution is -2.40. The first kappa shape index (κ1) is 14.6. The van der Waals surface area contributed by atoms with Crippen LogP contribution >= 0.6 is 0 Å². The molecule has 0 radical (unpaired) electrons. The summed E-state index contributed by atoms with van der Waals surface area (Å²) < 4.78 is 0. The number of nitrogens with zero attached hydrogens (tertiary/aromatic N) is 2. The number of aryl methyl sites for hydroxylation is 1. The van der Waals surface area contributed by atoms with E-state index >= 15 is 0 Å². The monoisotopic (exact) mass is 249 g/mol. The number of hydrogen-bond donors (Lipinski definition) is 1. The summed E-state index contributed by atoms with van der Waals surface area (Å²) in [6.45, 7) is 7.31. The first-order valence-corrected chi connectivity index (χ1v) is 6.20. The van der Waals surface area contributed by atoms with E-state index < -0.39 is 0 Å². The SMILES string of the molecule is Cc1cccnc1CC(=O)N(C)CC(C)(C)CN. The average Bonchev–Trinajstić information content (AvgIpc) is 2.31. The molecule has 0 spiro atoms. The van der Waals surface area contributed by atoms with Crippen molar-refractivity contribution in [3.63, 3.8) is 0 Å². The maximum absolute atomic E-state index is 12.1. The lowest BCUT2D eigenvalue weighted by Gasteiger charge is -2.29. The van der Waals surface area contributed by atoms with Crippen LogP contribution in [0.25, 0.3) is 0 Å². The number of amides is 1. The number of pyridine rings is 1. The molecule has 0 aliphatic heterocycles. The molecule has 18 heavy (non-hydrogen) atoms. The summed E-state index contributed by atoms with van der Waals surface area (Å²) in [5, 5.41) is 0. The Morgan fingerprint density at radius 2 is 2.17 bits per heavy atom. The van der Waals surface area contributed by atoms with Crippen LogP contribution in [0.15, 0.2) is 18.3 Å². The Labute approximate surface area is 109 Å². The van der Waals surface area contributed by atoms with Crippen LogP contribution in [-0.4, -0.2) is 35.9 Å². The molecule has 0 unspecified atom stereocenters. The molecule has 0 aromatic carbocycles. The Morgan fingerprint density at radius 1 is 1.50 bits per heavy atom. The van der Waals surface area contributed by atoms with Gasteiger partial charge in [0.05, 0.1) is 12.1 Å². The van der Waals surface area contributed by atoms with E-state index in [1.807, 2.05) is 26.1 Å². The van der Waals surface area contributed by atoms with Gasteiger partial charge in [0, 0.05) is 19.8 Å². The van der Waals surface area contributed by atoms with Crippen molar-refractivity contribution in [1.82, 2.24) is 9.88 Å². The van der Waals surface area contributed by atoms with E-state index in [0.717, 1.165) is 11.3 Å². The number of likely N-dealkylation sites (N-methyl/N-ethyl adjacent to an activating group) is 1. The van der Waals surface area contributed by atoms with E-state index in [2.05, 4.69) is 18.8 Å². The molecular formula is C14H23N3O. The Bertz CT molecular complexity index is 415. The van der Waals surface area contributed by atoms with Gasteiger partial charge in [-0.3, -0.25) is 9.78 Å². The van der Waals surface area contributed by atoms with Crippen LogP contribution < -0.4 is 5.73 Å². The van der Waals surface area contributed by atoms with Crippen molar-refractivity contribution in [2.24, 2.45) is 11.1 Å². The molecule has 0 atom stereocenters. The van der Waals surface area contributed by atoms with Gasteiger partial charge in [-0.05, 0) is 30.5 Å². The molecule has 1 heterocycles. The highest BCUT2D eigenvalue weighted by molar-refractivity contribution is 5.78. The maximum atomic E-state index is 12.1.